The third-order valence-corrected chi connectivity index (χ3v) is 5.44. The van der Waals surface area contributed by atoms with E-state index in [4.69, 9.17) is 8.83 Å². The van der Waals surface area contributed by atoms with Crippen LogP contribution in [0.1, 0.15) is 33.5 Å². The van der Waals surface area contributed by atoms with E-state index >= 15 is 0 Å². The summed E-state index contributed by atoms with van der Waals surface area (Å²) in [7, 11) is 0. The molecular weight excluding hydrogens is 422 g/mol. The maximum Gasteiger partial charge on any atom is 0.291 e. The summed E-state index contributed by atoms with van der Waals surface area (Å²) in [6.07, 6.45) is 1.57. The lowest BCUT2D eigenvalue weighted by molar-refractivity contribution is 0.0701. The average Bonchev–Trinajstić information content (AvgIpc) is 3.31. The molecule has 0 aliphatic carbocycles. The molecule has 3 heterocycles. The van der Waals surface area contributed by atoms with Crippen molar-refractivity contribution in [2.75, 3.05) is 0 Å². The monoisotopic (exact) mass is 435 g/mol. The van der Waals surface area contributed by atoms with Crippen LogP contribution < -0.4 is 5.43 Å². The molecule has 1 amide bonds. The molecule has 1 aliphatic heterocycles. The lowest BCUT2D eigenvalue weighted by Gasteiger charge is -2.24. The molecule has 2 aromatic carbocycles. The van der Waals surface area contributed by atoms with Crippen molar-refractivity contribution in [3.8, 4) is 0 Å². The van der Waals surface area contributed by atoms with Gasteiger partial charge < -0.3 is 13.7 Å². The van der Waals surface area contributed by atoms with Crippen molar-refractivity contribution in [3.05, 3.63) is 104 Å². The number of benzene rings is 2. The van der Waals surface area contributed by atoms with E-state index in [1.807, 2.05) is 30.3 Å². The third kappa shape index (κ3) is 2.60. The van der Waals surface area contributed by atoms with Gasteiger partial charge in [-0.3, -0.25) is 9.59 Å². The molecule has 0 saturated heterocycles. The highest BCUT2D eigenvalue weighted by Crippen LogP contribution is 2.39. The minimum atomic E-state index is -0.534. The van der Waals surface area contributed by atoms with Crippen LogP contribution in [0.5, 0.6) is 0 Å². The summed E-state index contributed by atoms with van der Waals surface area (Å²) in [6.45, 7) is 0.245. The van der Waals surface area contributed by atoms with Crippen molar-refractivity contribution in [3.63, 3.8) is 0 Å². The zero-order valence-electron chi connectivity index (χ0n) is 14.6. The molecule has 0 bridgehead atoms. The molecule has 28 heavy (non-hydrogen) atoms. The van der Waals surface area contributed by atoms with Gasteiger partial charge in [0.15, 0.2) is 5.43 Å². The zero-order chi connectivity index (χ0) is 19.3. The van der Waals surface area contributed by atoms with E-state index in [1.54, 1.807) is 41.5 Å². The number of halogens is 1. The van der Waals surface area contributed by atoms with Gasteiger partial charge in [-0.1, -0.05) is 46.3 Å². The third-order valence-electron chi connectivity index (χ3n) is 4.95. The molecule has 0 fully saturated rings. The molecule has 1 atom stereocenters. The molecule has 138 valence electrons. The van der Waals surface area contributed by atoms with Crippen molar-refractivity contribution < 1.29 is 13.6 Å². The van der Waals surface area contributed by atoms with Gasteiger partial charge in [0, 0.05) is 4.47 Å². The van der Waals surface area contributed by atoms with E-state index in [0.29, 0.717) is 22.3 Å². The van der Waals surface area contributed by atoms with Gasteiger partial charge in [0.25, 0.3) is 5.91 Å². The molecule has 0 unspecified atom stereocenters. The van der Waals surface area contributed by atoms with E-state index in [9.17, 15) is 9.59 Å². The Kier molecular flexibility index (Phi) is 3.94. The van der Waals surface area contributed by atoms with Gasteiger partial charge in [0.1, 0.15) is 11.3 Å². The minimum Gasteiger partial charge on any atom is -0.467 e. The Morgan fingerprint density at radius 3 is 2.57 bits per heavy atom. The number of furan rings is 1. The molecule has 6 heteroatoms. The molecule has 0 saturated carbocycles. The summed E-state index contributed by atoms with van der Waals surface area (Å²) < 4.78 is 12.1. The van der Waals surface area contributed by atoms with Crippen molar-refractivity contribution >= 4 is 32.8 Å². The standard InChI is InChI=1S/C22H14BrNO4/c23-14-8-9-17-16(11-14)20(25)18-19(13-5-2-1-3-6-13)24(22(26)21(18)28-17)12-15-7-4-10-27-15/h1-11,19H,12H2/t19-/m0/s1. The number of hydrogen-bond donors (Lipinski definition) is 0. The number of amides is 1. The van der Waals surface area contributed by atoms with Gasteiger partial charge in [-0.2, -0.15) is 0 Å². The van der Waals surface area contributed by atoms with Crippen LogP contribution in [0.15, 0.2) is 85.0 Å². The van der Waals surface area contributed by atoms with Crippen LogP contribution in [-0.2, 0) is 6.54 Å². The van der Waals surface area contributed by atoms with Crippen LogP contribution in [0.25, 0.3) is 11.0 Å². The Labute approximate surface area is 168 Å². The van der Waals surface area contributed by atoms with Gasteiger partial charge in [0.05, 0.1) is 29.8 Å². The Bertz CT molecular complexity index is 1250. The number of carbonyl (C=O) groups is 1. The Hall–Kier alpha value is -3.12. The molecular formula is C22H14BrNO4. The maximum atomic E-state index is 13.4. The largest absolute Gasteiger partial charge is 0.467 e. The number of rotatable bonds is 3. The van der Waals surface area contributed by atoms with Crippen LogP contribution in [-0.4, -0.2) is 10.8 Å². The second kappa shape index (κ2) is 6.49. The molecule has 4 aromatic rings. The normalized spacial score (nSPS) is 16.0. The molecule has 0 N–H and O–H groups in total. The van der Waals surface area contributed by atoms with Crippen LogP contribution in [0.4, 0.5) is 0 Å². The van der Waals surface area contributed by atoms with Gasteiger partial charge in [-0.25, -0.2) is 0 Å². The summed E-state index contributed by atoms with van der Waals surface area (Å²) >= 11 is 3.40. The summed E-state index contributed by atoms with van der Waals surface area (Å²) in [6, 6.07) is 17.8. The summed E-state index contributed by atoms with van der Waals surface area (Å²) in [5, 5.41) is 0.446. The fourth-order valence-corrected chi connectivity index (χ4v) is 4.07. The average molecular weight is 436 g/mol. The van der Waals surface area contributed by atoms with E-state index in [0.717, 1.165) is 10.0 Å². The van der Waals surface area contributed by atoms with Crippen LogP contribution in [0, 0.1) is 0 Å². The lowest BCUT2D eigenvalue weighted by atomic mass is 9.98. The smallest absolute Gasteiger partial charge is 0.291 e. The maximum absolute atomic E-state index is 13.4. The highest BCUT2D eigenvalue weighted by molar-refractivity contribution is 9.10. The van der Waals surface area contributed by atoms with Gasteiger partial charge >= 0.3 is 0 Å². The number of nitrogens with zero attached hydrogens (tertiary/aromatic N) is 1. The first-order valence-electron chi connectivity index (χ1n) is 8.78. The van der Waals surface area contributed by atoms with Crippen LogP contribution >= 0.6 is 15.9 Å². The van der Waals surface area contributed by atoms with E-state index < -0.39 is 6.04 Å². The number of carbonyl (C=O) groups excluding carboxylic acids is 1. The summed E-state index contributed by atoms with van der Waals surface area (Å²) in [5.74, 6) is 0.421. The first-order valence-corrected chi connectivity index (χ1v) is 9.57. The lowest BCUT2D eigenvalue weighted by Crippen LogP contribution is -2.29. The molecule has 5 nitrogen and oxygen atoms in total. The van der Waals surface area contributed by atoms with Crippen LogP contribution in [0.3, 0.4) is 0 Å². The quantitative estimate of drug-likeness (QED) is 0.459. The first-order chi connectivity index (χ1) is 13.6. The van der Waals surface area contributed by atoms with E-state index in [2.05, 4.69) is 15.9 Å². The second-order valence-corrected chi connectivity index (χ2v) is 7.56. The second-order valence-electron chi connectivity index (χ2n) is 6.64. The van der Waals surface area contributed by atoms with E-state index in [-0.39, 0.29) is 23.6 Å². The van der Waals surface area contributed by atoms with Crippen molar-refractivity contribution in [2.24, 2.45) is 0 Å². The SMILES string of the molecule is O=C1c2oc3ccc(Br)cc3c(=O)c2[C@H](c2ccccc2)N1Cc1ccco1. The van der Waals surface area contributed by atoms with E-state index in [1.165, 1.54) is 0 Å². The molecule has 2 aromatic heterocycles. The topological polar surface area (TPSA) is 63.7 Å². The van der Waals surface area contributed by atoms with Crippen molar-refractivity contribution in [1.82, 2.24) is 4.90 Å². The highest BCUT2D eigenvalue weighted by atomic mass is 79.9. The Morgan fingerprint density at radius 2 is 1.82 bits per heavy atom. The zero-order valence-corrected chi connectivity index (χ0v) is 16.2. The molecule has 1 aliphatic rings. The molecule has 5 rings (SSSR count). The first kappa shape index (κ1) is 17.0. The Morgan fingerprint density at radius 1 is 1.00 bits per heavy atom. The minimum absolute atomic E-state index is 0.0974. The fraction of sp³-hybridized carbons (Fsp3) is 0.0909. The predicted octanol–water partition coefficient (Wildman–Crippen LogP) is 4.89. The van der Waals surface area contributed by atoms with Crippen molar-refractivity contribution in [1.29, 1.82) is 0 Å². The number of fused-ring (bicyclic) bond motifs is 2. The summed E-state index contributed by atoms with van der Waals surface area (Å²) in [4.78, 5) is 28.2. The predicted molar refractivity (Wildman–Crippen MR) is 107 cm³/mol. The highest BCUT2D eigenvalue weighted by Gasteiger charge is 2.43. The number of hydrogen-bond acceptors (Lipinski definition) is 4. The van der Waals surface area contributed by atoms with Gasteiger partial charge in [-0.15, -0.1) is 0 Å². The summed E-state index contributed by atoms with van der Waals surface area (Å²) in [5.41, 5.74) is 1.42. The van der Waals surface area contributed by atoms with Crippen molar-refractivity contribution in [2.45, 2.75) is 12.6 Å². The van der Waals surface area contributed by atoms with Gasteiger partial charge in [0.2, 0.25) is 5.76 Å². The fourth-order valence-electron chi connectivity index (χ4n) is 3.71. The molecule has 0 radical (unpaired) electrons. The Balaban J connectivity index is 1.76. The molecule has 0 spiro atoms. The van der Waals surface area contributed by atoms with Crippen LogP contribution in [0.2, 0.25) is 0 Å². The van der Waals surface area contributed by atoms with Gasteiger partial charge in [-0.05, 0) is 35.9 Å².